The molecule has 0 radical (unpaired) electrons. The number of carbonyl (C=O) groups excluding carboxylic acids is 4. The third kappa shape index (κ3) is 8.67. The van der Waals surface area contributed by atoms with Crippen LogP contribution >= 0.6 is 0 Å². The van der Waals surface area contributed by atoms with Gasteiger partial charge in [-0.3, -0.25) is 9.59 Å². The number of methoxy groups -OCH3 is 1. The molecular weight excluding hydrogens is 741 g/mol. The van der Waals surface area contributed by atoms with Crippen LogP contribution in [0.2, 0.25) is 0 Å². The van der Waals surface area contributed by atoms with Gasteiger partial charge in [0.05, 0.1) is 43.0 Å². The lowest BCUT2D eigenvalue weighted by atomic mass is 10.0. The number of phenols is 1. The summed E-state index contributed by atoms with van der Waals surface area (Å²) in [5, 5.41) is 12.3. The van der Waals surface area contributed by atoms with Gasteiger partial charge in [0, 0.05) is 19.5 Å². The van der Waals surface area contributed by atoms with Gasteiger partial charge in [-0.15, -0.1) is 0 Å². The molecule has 0 aliphatic carbocycles. The lowest BCUT2D eigenvalue weighted by Gasteiger charge is -2.30. The number of imidazole rings is 2. The van der Waals surface area contributed by atoms with Crippen LogP contribution in [-0.4, -0.2) is 91.2 Å². The van der Waals surface area contributed by atoms with E-state index in [1.807, 2.05) is 50.2 Å². The van der Waals surface area contributed by atoms with Crippen molar-refractivity contribution in [2.75, 3.05) is 20.2 Å². The molecule has 0 bridgehead atoms. The third-order valence-corrected chi connectivity index (χ3v) is 10.9. The number of ether oxygens (including phenoxy) is 2. The van der Waals surface area contributed by atoms with Gasteiger partial charge in [-0.25, -0.2) is 19.6 Å². The van der Waals surface area contributed by atoms with Crippen molar-refractivity contribution in [3.05, 3.63) is 102 Å². The first-order valence-electron chi connectivity index (χ1n) is 19.5. The summed E-state index contributed by atoms with van der Waals surface area (Å²) in [6, 6.07) is 21.4. The van der Waals surface area contributed by atoms with Crippen LogP contribution in [0.3, 0.4) is 0 Å². The molecule has 2 saturated heterocycles. The van der Waals surface area contributed by atoms with Gasteiger partial charge in [-0.2, -0.15) is 0 Å². The van der Waals surface area contributed by atoms with Crippen molar-refractivity contribution < 1.29 is 33.8 Å². The molecule has 0 spiro atoms. The molecule has 2 fully saturated rings. The number of nitrogens with one attached hydrogen (secondary N) is 3. The normalized spacial score (nSPS) is 17.6. The molecule has 6 N–H and O–H groups in total. The molecule has 4 atom stereocenters. The third-order valence-electron chi connectivity index (χ3n) is 10.9. The molecule has 2 aliphatic heterocycles. The highest BCUT2D eigenvalue weighted by Gasteiger charge is 2.39. The quantitative estimate of drug-likeness (QED) is 0.0966. The van der Waals surface area contributed by atoms with Crippen LogP contribution in [0, 0.1) is 5.92 Å². The second-order valence-corrected chi connectivity index (χ2v) is 15.1. The predicted molar refractivity (Wildman–Crippen MR) is 215 cm³/mol. The summed E-state index contributed by atoms with van der Waals surface area (Å²) in [4.78, 5) is 70.6. The van der Waals surface area contributed by atoms with Gasteiger partial charge in [-0.1, -0.05) is 74.5 Å². The number of amides is 4. The SMILES string of the molecule is COC(=O)N[C@H](C(=O)N1CCCC1c1ncc(-c2ccc(-c3ccc(-c4cnc([C@@H]5CCCN5C(=O)[C@H](Cc5ccc(O)cc5)OC(N)=O)[nH]4)cc3)cc2)[nH]1)C(C)C. The number of primary amides is 1. The number of aromatic amines is 2. The minimum Gasteiger partial charge on any atom is -0.508 e. The Bertz CT molecular complexity index is 2230. The van der Waals surface area contributed by atoms with Gasteiger partial charge in [-0.05, 0) is 71.6 Å². The minimum absolute atomic E-state index is 0.0962. The number of nitrogens with two attached hydrogens (primary N) is 1. The van der Waals surface area contributed by atoms with Crippen molar-refractivity contribution in [2.24, 2.45) is 11.7 Å². The van der Waals surface area contributed by atoms with Crippen molar-refractivity contribution in [1.82, 2.24) is 35.1 Å². The van der Waals surface area contributed by atoms with Gasteiger partial charge >= 0.3 is 12.2 Å². The molecule has 0 saturated carbocycles. The number of hydrogen-bond acceptors (Lipinski definition) is 9. The molecule has 15 heteroatoms. The van der Waals surface area contributed by atoms with Crippen molar-refractivity contribution in [3.63, 3.8) is 0 Å². The molecule has 15 nitrogen and oxygen atoms in total. The highest BCUT2D eigenvalue weighted by molar-refractivity contribution is 5.86. The first-order chi connectivity index (χ1) is 28.0. The molecule has 302 valence electrons. The molecule has 4 heterocycles. The summed E-state index contributed by atoms with van der Waals surface area (Å²) in [5.41, 5.74) is 11.7. The predicted octanol–water partition coefficient (Wildman–Crippen LogP) is 6.25. The number of likely N-dealkylation sites (tertiary alicyclic amines) is 2. The molecule has 2 aliphatic rings. The van der Waals surface area contributed by atoms with Crippen LogP contribution < -0.4 is 11.1 Å². The Hall–Kier alpha value is -6.64. The monoisotopic (exact) mass is 788 g/mol. The number of benzene rings is 3. The maximum absolute atomic E-state index is 13.7. The number of alkyl carbamates (subject to hydrolysis) is 1. The Morgan fingerprint density at radius 1 is 0.776 bits per heavy atom. The number of H-pyrrole nitrogens is 2. The lowest BCUT2D eigenvalue weighted by molar-refractivity contribution is -0.141. The van der Waals surface area contributed by atoms with Crippen LogP contribution in [0.15, 0.2) is 85.2 Å². The number of carbonyl (C=O) groups is 4. The zero-order chi connectivity index (χ0) is 40.9. The first-order valence-corrected chi connectivity index (χ1v) is 19.5. The van der Waals surface area contributed by atoms with Crippen molar-refractivity contribution in [1.29, 1.82) is 0 Å². The summed E-state index contributed by atoms with van der Waals surface area (Å²) in [7, 11) is 1.28. The Balaban J connectivity index is 0.997. The van der Waals surface area contributed by atoms with Crippen LogP contribution in [0.4, 0.5) is 9.59 Å². The van der Waals surface area contributed by atoms with E-state index in [0.717, 1.165) is 58.5 Å². The van der Waals surface area contributed by atoms with Gasteiger partial charge in [0.2, 0.25) is 5.91 Å². The minimum atomic E-state index is -1.11. The van der Waals surface area contributed by atoms with E-state index in [4.69, 9.17) is 15.2 Å². The van der Waals surface area contributed by atoms with Crippen LogP contribution in [0.25, 0.3) is 33.6 Å². The number of nitrogens with zero attached hydrogens (tertiary/aromatic N) is 4. The van der Waals surface area contributed by atoms with Crippen molar-refractivity contribution >= 4 is 24.0 Å². The fourth-order valence-electron chi connectivity index (χ4n) is 7.85. The molecule has 1 unspecified atom stereocenters. The van der Waals surface area contributed by atoms with E-state index in [0.29, 0.717) is 31.2 Å². The Kier molecular flexibility index (Phi) is 11.8. The number of aromatic nitrogens is 4. The van der Waals surface area contributed by atoms with E-state index in [9.17, 15) is 24.3 Å². The molecule has 7 rings (SSSR count). The summed E-state index contributed by atoms with van der Waals surface area (Å²) in [6.07, 6.45) is 3.96. The van der Waals surface area contributed by atoms with Gasteiger partial charge < -0.3 is 45.4 Å². The highest BCUT2D eigenvalue weighted by Crippen LogP contribution is 2.35. The second-order valence-electron chi connectivity index (χ2n) is 15.1. The maximum atomic E-state index is 13.7. The largest absolute Gasteiger partial charge is 0.508 e. The highest BCUT2D eigenvalue weighted by atomic mass is 16.6. The van der Waals surface area contributed by atoms with E-state index in [1.165, 1.54) is 19.2 Å². The first kappa shape index (κ1) is 39.6. The number of phenolic OH excluding ortho intramolecular Hbond substituents is 1. The van der Waals surface area contributed by atoms with E-state index in [1.54, 1.807) is 34.3 Å². The van der Waals surface area contributed by atoms with Crippen LogP contribution in [0.1, 0.15) is 68.8 Å². The molecule has 58 heavy (non-hydrogen) atoms. The van der Waals surface area contributed by atoms with E-state index >= 15 is 0 Å². The molecule has 3 aromatic carbocycles. The average molecular weight is 789 g/mol. The standard InChI is InChI=1S/C43H48N8O7/c1-25(2)37(49-43(56)57-3)41(54)51-21-5-7-35(51)39-46-24-33(48-39)30-16-12-28(13-17-30)27-10-14-29(15-11-27)32-23-45-38(47-32)34-6-4-20-50(34)40(53)36(58-42(44)55)22-26-8-18-31(52)19-9-26/h8-19,23-25,34-37,52H,4-7,20-22H2,1-3H3,(H2,44,55)(H,45,47)(H,46,48)(H,49,56)/t34-,35?,36-,37-/m0/s1. The number of rotatable bonds is 12. The Labute approximate surface area is 336 Å². The maximum Gasteiger partial charge on any atom is 0.407 e. The summed E-state index contributed by atoms with van der Waals surface area (Å²) < 4.78 is 10.0. The zero-order valence-corrected chi connectivity index (χ0v) is 32.7. The lowest BCUT2D eigenvalue weighted by Crippen LogP contribution is -2.51. The fourth-order valence-corrected chi connectivity index (χ4v) is 7.85. The van der Waals surface area contributed by atoms with E-state index < -0.39 is 24.3 Å². The second kappa shape index (κ2) is 17.2. The average Bonchev–Trinajstić information content (AvgIpc) is 4.07. The zero-order valence-electron chi connectivity index (χ0n) is 32.7. The Morgan fingerprint density at radius 3 is 1.72 bits per heavy atom. The van der Waals surface area contributed by atoms with Crippen molar-refractivity contribution in [3.8, 4) is 39.4 Å². The number of aromatic hydroxyl groups is 1. The summed E-state index contributed by atoms with van der Waals surface area (Å²) in [6.45, 7) is 4.85. The van der Waals surface area contributed by atoms with Gasteiger partial charge in [0.25, 0.3) is 5.91 Å². The van der Waals surface area contributed by atoms with Gasteiger partial charge in [0.1, 0.15) is 23.4 Å². The summed E-state index contributed by atoms with van der Waals surface area (Å²) in [5.74, 6) is 0.835. The van der Waals surface area contributed by atoms with Crippen molar-refractivity contribution in [2.45, 2.75) is 70.2 Å². The molecular formula is C43H48N8O7. The molecule has 4 amide bonds. The van der Waals surface area contributed by atoms with Crippen LogP contribution in [0.5, 0.6) is 5.75 Å². The Morgan fingerprint density at radius 2 is 1.26 bits per heavy atom. The fraction of sp³-hybridized carbons (Fsp3) is 0.349. The van der Waals surface area contributed by atoms with E-state index in [2.05, 4.69) is 37.4 Å². The van der Waals surface area contributed by atoms with Gasteiger partial charge in [0.15, 0.2) is 6.10 Å². The van der Waals surface area contributed by atoms with Crippen LogP contribution in [-0.2, 0) is 25.5 Å². The number of hydrogen-bond donors (Lipinski definition) is 5. The summed E-state index contributed by atoms with van der Waals surface area (Å²) >= 11 is 0. The smallest absolute Gasteiger partial charge is 0.407 e. The molecule has 2 aromatic heterocycles. The molecule has 5 aromatic rings. The topological polar surface area (TPSA) is 209 Å². The van der Waals surface area contributed by atoms with E-state index in [-0.39, 0.29) is 42.0 Å².